The quantitative estimate of drug-likeness (QED) is 0.532. The van der Waals surface area contributed by atoms with Gasteiger partial charge in [-0.3, -0.25) is 9.59 Å². The molecule has 0 radical (unpaired) electrons. The highest BCUT2D eigenvalue weighted by Crippen LogP contribution is 2.45. The van der Waals surface area contributed by atoms with Gasteiger partial charge >= 0.3 is 6.09 Å². The van der Waals surface area contributed by atoms with E-state index in [-0.39, 0.29) is 24.2 Å². The third-order valence-corrected chi connectivity index (χ3v) is 6.70. The zero-order valence-corrected chi connectivity index (χ0v) is 18.7. The molecule has 2 amide bonds. The fourth-order valence-electron chi connectivity index (χ4n) is 5.19. The van der Waals surface area contributed by atoms with E-state index in [9.17, 15) is 14.4 Å². The molecule has 2 aromatic carbocycles. The number of amides is 2. The fourth-order valence-corrected chi connectivity index (χ4v) is 5.19. The Balaban J connectivity index is 1.50. The molecule has 0 bridgehead atoms. The van der Waals surface area contributed by atoms with Gasteiger partial charge in [-0.25, -0.2) is 9.69 Å². The molecule has 0 N–H and O–H groups in total. The Morgan fingerprint density at radius 2 is 1.67 bits per heavy atom. The molecule has 0 spiro atoms. The maximum atomic E-state index is 13.8. The van der Waals surface area contributed by atoms with Gasteiger partial charge in [-0.05, 0) is 28.7 Å². The maximum absolute atomic E-state index is 13.8. The second kappa shape index (κ2) is 8.35. The fraction of sp³-hybridized carbons (Fsp3) is 0.296. The average Bonchev–Trinajstić information content (AvgIpc) is 3.48. The first kappa shape index (κ1) is 21.2. The summed E-state index contributed by atoms with van der Waals surface area (Å²) in [6.45, 7) is 4.67. The van der Waals surface area contributed by atoms with E-state index in [0.29, 0.717) is 12.2 Å². The van der Waals surface area contributed by atoms with Gasteiger partial charge in [-0.1, -0.05) is 74.5 Å². The van der Waals surface area contributed by atoms with E-state index in [2.05, 4.69) is 0 Å². The molecular weight excluding hydrogens is 416 g/mol. The number of nitrogens with zero attached hydrogens (tertiary/aromatic N) is 2. The van der Waals surface area contributed by atoms with E-state index >= 15 is 0 Å². The van der Waals surface area contributed by atoms with Gasteiger partial charge in [0.25, 0.3) is 0 Å². The maximum Gasteiger partial charge on any atom is 0.417 e. The molecule has 168 valence electrons. The van der Waals surface area contributed by atoms with E-state index in [1.165, 1.54) is 0 Å². The van der Waals surface area contributed by atoms with E-state index in [1.807, 2.05) is 91.3 Å². The molecule has 6 heteroatoms. The first-order valence-corrected chi connectivity index (χ1v) is 11.3. The minimum Gasteiger partial charge on any atom is -0.446 e. The summed E-state index contributed by atoms with van der Waals surface area (Å²) in [5.74, 6) is -1.87. The molecule has 1 aliphatic heterocycles. The van der Waals surface area contributed by atoms with Crippen molar-refractivity contribution in [1.82, 2.24) is 9.47 Å². The Kier molecular flexibility index (Phi) is 5.36. The van der Waals surface area contributed by atoms with Gasteiger partial charge in [0, 0.05) is 18.7 Å². The Bertz CT molecular complexity index is 1200. The summed E-state index contributed by atoms with van der Waals surface area (Å²) in [5.41, 5.74) is 3.34. The molecule has 3 atom stereocenters. The molecule has 6 nitrogen and oxygen atoms in total. The van der Waals surface area contributed by atoms with Crippen molar-refractivity contribution in [3.63, 3.8) is 0 Å². The molecule has 2 heterocycles. The number of fused-ring (bicyclic) bond motifs is 1. The topological polar surface area (TPSA) is 68.6 Å². The lowest BCUT2D eigenvalue weighted by Crippen LogP contribution is -2.42. The third kappa shape index (κ3) is 3.55. The lowest BCUT2D eigenvalue weighted by atomic mass is 9.82. The Morgan fingerprint density at radius 3 is 2.33 bits per heavy atom. The highest BCUT2D eigenvalue weighted by atomic mass is 16.6. The number of carbonyl (C=O) groups excluding carboxylic acids is 3. The third-order valence-electron chi connectivity index (χ3n) is 6.70. The van der Waals surface area contributed by atoms with Crippen molar-refractivity contribution in [1.29, 1.82) is 0 Å². The Hall–Kier alpha value is -3.67. The summed E-state index contributed by atoms with van der Waals surface area (Å²) >= 11 is 0. The van der Waals surface area contributed by atoms with Crippen molar-refractivity contribution < 1.29 is 19.1 Å². The van der Waals surface area contributed by atoms with Crippen LogP contribution in [0, 0.1) is 11.8 Å². The van der Waals surface area contributed by atoms with E-state index in [0.717, 1.165) is 21.6 Å². The van der Waals surface area contributed by atoms with Crippen molar-refractivity contribution in [3.8, 4) is 0 Å². The molecule has 5 rings (SSSR count). The van der Waals surface area contributed by atoms with Crippen LogP contribution in [0.15, 0.2) is 72.9 Å². The SMILES string of the molecule is CC(C)[C@H]1c2ccn(Cc3ccccc3)c2C(=O)[C@@H]1C(=O)N1C(=O)OC[C@H]1c1ccccc1. The predicted molar refractivity (Wildman–Crippen MR) is 123 cm³/mol. The van der Waals surface area contributed by atoms with Gasteiger partial charge < -0.3 is 9.30 Å². The number of Topliss-reactive ketones (excluding diaryl/α,β-unsaturated/α-hetero) is 1. The largest absolute Gasteiger partial charge is 0.446 e. The number of aromatic nitrogens is 1. The smallest absolute Gasteiger partial charge is 0.417 e. The normalized spacial score (nSPS) is 22.0. The van der Waals surface area contributed by atoms with Crippen molar-refractivity contribution >= 4 is 17.8 Å². The zero-order valence-electron chi connectivity index (χ0n) is 18.7. The first-order valence-electron chi connectivity index (χ1n) is 11.3. The van der Waals surface area contributed by atoms with Crippen LogP contribution in [0.25, 0.3) is 0 Å². The molecule has 0 unspecified atom stereocenters. The van der Waals surface area contributed by atoms with Crippen molar-refractivity contribution in [2.45, 2.75) is 32.4 Å². The lowest BCUT2D eigenvalue weighted by Gasteiger charge is -2.27. The standard InChI is InChI=1S/C27H26N2O4/c1-17(2)22-20-13-14-28(15-18-9-5-3-6-10-18)24(20)25(30)23(22)26(31)29-21(16-33-27(29)32)19-11-7-4-8-12-19/h3-14,17,21-23H,15-16H2,1-2H3/t21-,22-,23+/m0/s1. The van der Waals surface area contributed by atoms with Gasteiger partial charge in [-0.15, -0.1) is 0 Å². The van der Waals surface area contributed by atoms with Gasteiger partial charge in [0.2, 0.25) is 5.91 Å². The number of benzene rings is 2. The molecule has 0 saturated carbocycles. The lowest BCUT2D eigenvalue weighted by molar-refractivity contribution is -0.132. The van der Waals surface area contributed by atoms with Crippen LogP contribution in [-0.4, -0.2) is 33.9 Å². The zero-order chi connectivity index (χ0) is 23.1. The minimum absolute atomic E-state index is 0.0468. The summed E-state index contributed by atoms with van der Waals surface area (Å²) in [6.07, 6.45) is 1.23. The highest BCUT2D eigenvalue weighted by molar-refractivity contribution is 6.16. The summed E-state index contributed by atoms with van der Waals surface area (Å²) in [6, 6.07) is 20.7. The second-order valence-corrected chi connectivity index (χ2v) is 9.06. The second-order valence-electron chi connectivity index (χ2n) is 9.06. The summed E-state index contributed by atoms with van der Waals surface area (Å²) in [7, 11) is 0. The number of hydrogen-bond acceptors (Lipinski definition) is 4. The molecule has 1 fully saturated rings. The molecule has 33 heavy (non-hydrogen) atoms. The number of carbonyl (C=O) groups is 3. The van der Waals surface area contributed by atoms with Crippen molar-refractivity contribution in [2.24, 2.45) is 11.8 Å². The van der Waals surface area contributed by atoms with E-state index in [1.54, 1.807) is 0 Å². The number of hydrogen-bond donors (Lipinski definition) is 0. The van der Waals surface area contributed by atoms with Gasteiger partial charge in [-0.2, -0.15) is 0 Å². The Labute approximate surface area is 192 Å². The van der Waals surface area contributed by atoms with Crippen LogP contribution in [0.1, 0.15) is 53.0 Å². The monoisotopic (exact) mass is 442 g/mol. The van der Waals surface area contributed by atoms with Crippen LogP contribution in [-0.2, 0) is 16.1 Å². The van der Waals surface area contributed by atoms with Crippen molar-refractivity contribution in [3.05, 3.63) is 95.3 Å². The number of rotatable bonds is 5. The molecule has 1 saturated heterocycles. The molecule has 1 aliphatic carbocycles. The summed E-state index contributed by atoms with van der Waals surface area (Å²) < 4.78 is 7.18. The number of ketones is 1. The van der Waals surface area contributed by atoms with Crippen LogP contribution >= 0.6 is 0 Å². The number of imide groups is 1. The van der Waals surface area contributed by atoms with E-state index < -0.39 is 24.0 Å². The molecule has 1 aromatic heterocycles. The van der Waals surface area contributed by atoms with Crippen molar-refractivity contribution in [2.75, 3.05) is 6.61 Å². The summed E-state index contributed by atoms with van der Waals surface area (Å²) in [4.78, 5) is 41.3. The number of ether oxygens (including phenoxy) is 1. The minimum atomic E-state index is -0.935. The van der Waals surface area contributed by atoms with Crippen LogP contribution < -0.4 is 0 Å². The van der Waals surface area contributed by atoms with E-state index in [4.69, 9.17) is 4.74 Å². The predicted octanol–water partition coefficient (Wildman–Crippen LogP) is 4.81. The Morgan fingerprint density at radius 1 is 1.00 bits per heavy atom. The van der Waals surface area contributed by atoms with Gasteiger partial charge in [0.1, 0.15) is 18.6 Å². The van der Waals surface area contributed by atoms with Gasteiger partial charge in [0.15, 0.2) is 5.78 Å². The summed E-state index contributed by atoms with van der Waals surface area (Å²) in [5, 5.41) is 0. The first-order chi connectivity index (χ1) is 16.0. The van der Waals surface area contributed by atoms with Gasteiger partial charge in [0.05, 0.1) is 5.69 Å². The van der Waals surface area contributed by atoms with Crippen LogP contribution in [0.2, 0.25) is 0 Å². The van der Waals surface area contributed by atoms with Crippen LogP contribution in [0.4, 0.5) is 4.79 Å². The van der Waals surface area contributed by atoms with Crippen LogP contribution in [0.3, 0.4) is 0 Å². The molecule has 2 aliphatic rings. The average molecular weight is 443 g/mol. The highest BCUT2D eigenvalue weighted by Gasteiger charge is 2.52. The molecular formula is C27H26N2O4. The molecule has 3 aromatic rings. The van der Waals surface area contributed by atoms with Crippen LogP contribution in [0.5, 0.6) is 0 Å². The number of cyclic esters (lactones) is 1.